The molecule has 1 atom stereocenters. The molecule has 1 aromatic carbocycles. The maximum atomic E-state index is 13.0. The minimum atomic E-state index is -3.58. The molecular weight excluding hydrogens is 380 g/mol. The molecule has 9 heteroatoms. The molecule has 0 radical (unpaired) electrons. The van der Waals surface area contributed by atoms with Gasteiger partial charge >= 0.3 is 0 Å². The van der Waals surface area contributed by atoms with Crippen LogP contribution < -0.4 is 14.4 Å². The molecule has 1 saturated heterocycles. The zero-order chi connectivity index (χ0) is 20.1. The average molecular weight is 407 g/mol. The molecule has 0 saturated carbocycles. The number of hydrogen-bond acceptors (Lipinski definition) is 7. The molecule has 8 nitrogen and oxygen atoms in total. The summed E-state index contributed by atoms with van der Waals surface area (Å²) < 4.78 is 38.7. The van der Waals surface area contributed by atoms with Crippen molar-refractivity contribution in [3.8, 4) is 11.6 Å². The monoisotopic (exact) mass is 406 g/mol. The predicted molar refractivity (Wildman–Crippen MR) is 106 cm³/mol. The summed E-state index contributed by atoms with van der Waals surface area (Å²) in [5.41, 5.74) is 0. The number of ether oxygens (including phenoxy) is 2. The molecule has 152 valence electrons. The van der Waals surface area contributed by atoms with Crippen molar-refractivity contribution in [3.63, 3.8) is 0 Å². The normalized spacial score (nSPS) is 17.9. The summed E-state index contributed by atoms with van der Waals surface area (Å²) in [6.07, 6.45) is 1.24. The molecule has 28 heavy (non-hydrogen) atoms. The van der Waals surface area contributed by atoms with E-state index in [1.54, 1.807) is 30.3 Å². The Morgan fingerprint density at radius 1 is 1.14 bits per heavy atom. The van der Waals surface area contributed by atoms with E-state index in [4.69, 9.17) is 9.47 Å². The standard InChI is InChI=1S/C19H26N4O4S/c1-4-26-15-7-9-17(10-8-15)28(24,25)23-13-5-6-16(14-23)27-19-12-11-18(20-21-19)22(2)3/h7-12,16H,4-6,13-14H2,1-3H3. The molecule has 1 fully saturated rings. The van der Waals surface area contributed by atoms with Gasteiger partial charge in [0.15, 0.2) is 5.82 Å². The van der Waals surface area contributed by atoms with E-state index in [9.17, 15) is 8.42 Å². The number of aromatic nitrogens is 2. The van der Waals surface area contributed by atoms with Gasteiger partial charge in [0.25, 0.3) is 0 Å². The largest absolute Gasteiger partial charge is 0.494 e. The number of nitrogens with zero attached hydrogens (tertiary/aromatic N) is 4. The molecule has 0 spiro atoms. The third-order valence-electron chi connectivity index (χ3n) is 4.49. The molecule has 1 unspecified atom stereocenters. The van der Waals surface area contributed by atoms with E-state index in [0.29, 0.717) is 24.8 Å². The molecule has 2 aromatic rings. The van der Waals surface area contributed by atoms with Gasteiger partial charge in [-0.1, -0.05) is 0 Å². The molecular formula is C19H26N4O4S. The van der Waals surface area contributed by atoms with Crippen LogP contribution in [-0.4, -0.2) is 62.8 Å². The fourth-order valence-corrected chi connectivity index (χ4v) is 4.54. The van der Waals surface area contributed by atoms with Crippen LogP contribution in [0.3, 0.4) is 0 Å². The molecule has 1 aliphatic heterocycles. The topological polar surface area (TPSA) is 84.9 Å². The zero-order valence-corrected chi connectivity index (χ0v) is 17.2. The minimum absolute atomic E-state index is 0.256. The van der Waals surface area contributed by atoms with E-state index < -0.39 is 10.0 Å². The highest BCUT2D eigenvalue weighted by atomic mass is 32.2. The van der Waals surface area contributed by atoms with Crippen molar-refractivity contribution in [3.05, 3.63) is 36.4 Å². The van der Waals surface area contributed by atoms with Crippen LogP contribution in [0.4, 0.5) is 5.82 Å². The van der Waals surface area contributed by atoms with E-state index >= 15 is 0 Å². The highest BCUT2D eigenvalue weighted by Crippen LogP contribution is 2.24. The van der Waals surface area contributed by atoms with Gasteiger partial charge < -0.3 is 14.4 Å². The minimum Gasteiger partial charge on any atom is -0.494 e. The van der Waals surface area contributed by atoms with Gasteiger partial charge in [-0.15, -0.1) is 10.2 Å². The Bertz CT molecular complexity index is 870. The average Bonchev–Trinajstić information content (AvgIpc) is 2.69. The SMILES string of the molecule is CCOc1ccc(S(=O)(=O)N2CCCC(Oc3ccc(N(C)C)nn3)C2)cc1. The van der Waals surface area contributed by atoms with Crippen LogP contribution in [0, 0.1) is 0 Å². The second kappa shape index (κ2) is 8.74. The van der Waals surface area contributed by atoms with Crippen molar-refractivity contribution in [2.45, 2.75) is 30.8 Å². The van der Waals surface area contributed by atoms with E-state index in [1.807, 2.05) is 32.0 Å². The van der Waals surface area contributed by atoms with E-state index in [1.165, 1.54) is 4.31 Å². The van der Waals surface area contributed by atoms with Crippen molar-refractivity contribution >= 4 is 15.8 Å². The maximum Gasteiger partial charge on any atom is 0.243 e. The van der Waals surface area contributed by atoms with Crippen LogP contribution in [0.5, 0.6) is 11.6 Å². The number of rotatable bonds is 7. The summed E-state index contributed by atoms with van der Waals surface area (Å²) >= 11 is 0. The molecule has 0 N–H and O–H groups in total. The van der Waals surface area contributed by atoms with E-state index in [-0.39, 0.29) is 17.5 Å². The molecule has 0 aliphatic carbocycles. The quantitative estimate of drug-likeness (QED) is 0.697. The van der Waals surface area contributed by atoms with Crippen LogP contribution in [0.2, 0.25) is 0 Å². The second-order valence-corrected chi connectivity index (χ2v) is 8.71. The van der Waals surface area contributed by atoms with Crippen LogP contribution in [0.1, 0.15) is 19.8 Å². The van der Waals surface area contributed by atoms with Gasteiger partial charge in [0.1, 0.15) is 11.9 Å². The summed E-state index contributed by atoms with van der Waals surface area (Å²) in [6.45, 7) is 3.18. The number of anilines is 1. The first kappa shape index (κ1) is 20.3. The lowest BCUT2D eigenvalue weighted by atomic mass is 10.1. The number of piperidine rings is 1. The first-order valence-corrected chi connectivity index (χ1v) is 10.7. The highest BCUT2D eigenvalue weighted by Gasteiger charge is 2.31. The molecule has 3 rings (SSSR count). The Labute approximate surface area is 166 Å². The van der Waals surface area contributed by atoms with Crippen LogP contribution >= 0.6 is 0 Å². The molecule has 0 amide bonds. The Kier molecular flexibility index (Phi) is 6.35. The van der Waals surface area contributed by atoms with Crippen LogP contribution in [0.15, 0.2) is 41.3 Å². The predicted octanol–water partition coefficient (Wildman–Crippen LogP) is 2.17. The lowest BCUT2D eigenvalue weighted by Gasteiger charge is -2.31. The van der Waals surface area contributed by atoms with Crippen LogP contribution in [0.25, 0.3) is 0 Å². The first-order chi connectivity index (χ1) is 13.4. The third-order valence-corrected chi connectivity index (χ3v) is 6.36. The van der Waals surface area contributed by atoms with Gasteiger partial charge in [-0.2, -0.15) is 4.31 Å². The zero-order valence-electron chi connectivity index (χ0n) is 16.4. The molecule has 2 heterocycles. The summed E-state index contributed by atoms with van der Waals surface area (Å²) in [4.78, 5) is 2.11. The number of benzene rings is 1. The maximum absolute atomic E-state index is 13.0. The smallest absolute Gasteiger partial charge is 0.243 e. The highest BCUT2D eigenvalue weighted by molar-refractivity contribution is 7.89. The number of sulfonamides is 1. The molecule has 1 aromatic heterocycles. The summed E-state index contributed by atoms with van der Waals surface area (Å²) in [5, 5.41) is 8.16. The first-order valence-electron chi connectivity index (χ1n) is 9.31. The Morgan fingerprint density at radius 2 is 1.89 bits per heavy atom. The van der Waals surface area contributed by atoms with Gasteiger partial charge in [0, 0.05) is 26.7 Å². The lowest BCUT2D eigenvalue weighted by molar-refractivity contribution is 0.123. The van der Waals surface area contributed by atoms with Crippen molar-refractivity contribution in [1.82, 2.24) is 14.5 Å². The Morgan fingerprint density at radius 3 is 2.50 bits per heavy atom. The summed E-state index contributed by atoms with van der Waals surface area (Å²) in [6, 6.07) is 10.1. The van der Waals surface area contributed by atoms with Gasteiger partial charge in [-0.25, -0.2) is 8.42 Å². The lowest BCUT2D eigenvalue weighted by Crippen LogP contribution is -2.44. The summed E-state index contributed by atoms with van der Waals surface area (Å²) in [7, 11) is 0.187. The number of hydrogen-bond donors (Lipinski definition) is 0. The Balaban J connectivity index is 1.67. The van der Waals surface area contributed by atoms with E-state index in [0.717, 1.165) is 18.7 Å². The molecule has 0 bridgehead atoms. The van der Waals surface area contributed by atoms with E-state index in [2.05, 4.69) is 10.2 Å². The van der Waals surface area contributed by atoms with Crippen molar-refractivity contribution in [1.29, 1.82) is 0 Å². The summed E-state index contributed by atoms with van der Waals surface area (Å²) in [5.74, 6) is 1.78. The third kappa shape index (κ3) is 4.71. The van der Waals surface area contributed by atoms with Crippen molar-refractivity contribution in [2.75, 3.05) is 38.7 Å². The van der Waals surface area contributed by atoms with Gasteiger partial charge in [-0.05, 0) is 50.1 Å². The fraction of sp³-hybridized carbons (Fsp3) is 0.474. The second-order valence-electron chi connectivity index (χ2n) is 6.77. The van der Waals surface area contributed by atoms with Gasteiger partial charge in [-0.3, -0.25) is 0 Å². The van der Waals surface area contributed by atoms with Crippen LogP contribution in [-0.2, 0) is 10.0 Å². The van der Waals surface area contributed by atoms with Crippen molar-refractivity contribution < 1.29 is 17.9 Å². The Hall–Kier alpha value is -2.39. The van der Waals surface area contributed by atoms with Gasteiger partial charge in [0.2, 0.25) is 15.9 Å². The van der Waals surface area contributed by atoms with Crippen molar-refractivity contribution in [2.24, 2.45) is 0 Å². The molecule has 1 aliphatic rings. The van der Waals surface area contributed by atoms with Gasteiger partial charge in [0.05, 0.1) is 18.0 Å². The fourth-order valence-electron chi connectivity index (χ4n) is 3.03.